The van der Waals surface area contributed by atoms with Crippen LogP contribution in [0.2, 0.25) is 0 Å². The predicted molar refractivity (Wildman–Crippen MR) is 88.3 cm³/mol. The molecule has 1 saturated heterocycles. The second-order valence-corrected chi connectivity index (χ2v) is 8.11. The van der Waals surface area contributed by atoms with Gasteiger partial charge < -0.3 is 4.52 Å². The van der Waals surface area contributed by atoms with E-state index in [1.54, 1.807) is 43.3 Å². The molecule has 1 atom stereocenters. The van der Waals surface area contributed by atoms with Crippen molar-refractivity contribution in [2.24, 2.45) is 0 Å². The zero-order valence-electron chi connectivity index (χ0n) is 13.3. The van der Waals surface area contributed by atoms with Gasteiger partial charge in [0.25, 0.3) is 0 Å². The van der Waals surface area contributed by atoms with Gasteiger partial charge in [-0.15, -0.1) is 0 Å². The molecule has 128 valence electrons. The third kappa shape index (κ3) is 3.65. The lowest BCUT2D eigenvalue weighted by Crippen LogP contribution is -2.33. The number of nitrogens with one attached hydrogen (secondary N) is 1. The van der Waals surface area contributed by atoms with Crippen LogP contribution in [-0.2, 0) is 14.6 Å². The minimum Gasteiger partial charge on any atom is -0.338 e. The number of hydrogen-bond acceptors (Lipinski definition) is 6. The fourth-order valence-corrected chi connectivity index (χ4v) is 4.54. The summed E-state index contributed by atoms with van der Waals surface area (Å²) in [6, 6.07) is 10.1. The lowest BCUT2D eigenvalue weighted by atomic mass is 10.4. The summed E-state index contributed by atoms with van der Waals surface area (Å²) >= 11 is 0. The van der Waals surface area contributed by atoms with Gasteiger partial charge in [-0.25, -0.2) is 8.42 Å². The van der Waals surface area contributed by atoms with Crippen LogP contribution in [0.3, 0.4) is 0 Å². The summed E-state index contributed by atoms with van der Waals surface area (Å²) in [5, 5.41) is 5.83. The molecule has 0 aliphatic carbocycles. The van der Waals surface area contributed by atoms with Crippen LogP contribution in [0.4, 0.5) is 5.88 Å². The van der Waals surface area contributed by atoms with E-state index in [0.717, 1.165) is 0 Å². The van der Waals surface area contributed by atoms with Crippen LogP contribution in [0.15, 0.2) is 45.8 Å². The molecule has 1 aromatic carbocycles. The van der Waals surface area contributed by atoms with Crippen molar-refractivity contribution in [3.05, 3.63) is 42.1 Å². The molecule has 8 heteroatoms. The van der Waals surface area contributed by atoms with Crippen molar-refractivity contribution in [1.82, 2.24) is 10.1 Å². The van der Waals surface area contributed by atoms with Crippen molar-refractivity contribution in [1.29, 1.82) is 0 Å². The molecule has 1 aliphatic heterocycles. The highest BCUT2D eigenvalue weighted by Crippen LogP contribution is 2.23. The van der Waals surface area contributed by atoms with Crippen LogP contribution in [0.1, 0.15) is 12.1 Å². The second-order valence-electron chi connectivity index (χ2n) is 5.88. The monoisotopic (exact) mass is 349 g/mol. The van der Waals surface area contributed by atoms with E-state index in [4.69, 9.17) is 4.52 Å². The molecular formula is C16H19N3O4S. The Kier molecular flexibility index (Phi) is 4.68. The van der Waals surface area contributed by atoms with Gasteiger partial charge in [0, 0.05) is 19.2 Å². The lowest BCUT2D eigenvalue weighted by Gasteiger charge is -2.15. The Bertz CT molecular complexity index is 817. The van der Waals surface area contributed by atoms with Crippen molar-refractivity contribution >= 4 is 21.6 Å². The van der Waals surface area contributed by atoms with E-state index in [0.29, 0.717) is 36.0 Å². The number of likely N-dealkylation sites (tertiary alicyclic amines) is 1. The number of hydrogen-bond donors (Lipinski definition) is 1. The van der Waals surface area contributed by atoms with Crippen LogP contribution in [0.25, 0.3) is 0 Å². The lowest BCUT2D eigenvalue weighted by molar-refractivity contribution is -0.117. The fraction of sp³-hybridized carbons (Fsp3) is 0.375. The Morgan fingerprint density at radius 1 is 1.38 bits per heavy atom. The van der Waals surface area contributed by atoms with Crippen molar-refractivity contribution < 1.29 is 17.7 Å². The molecule has 1 aliphatic rings. The van der Waals surface area contributed by atoms with Crippen molar-refractivity contribution in [3.8, 4) is 0 Å². The summed E-state index contributed by atoms with van der Waals surface area (Å²) < 4.78 is 30.2. The third-order valence-corrected chi connectivity index (χ3v) is 6.19. The highest BCUT2D eigenvalue weighted by Gasteiger charge is 2.34. The van der Waals surface area contributed by atoms with Crippen LogP contribution < -0.4 is 5.32 Å². The van der Waals surface area contributed by atoms with Crippen molar-refractivity contribution in [2.45, 2.75) is 23.5 Å². The molecule has 0 radical (unpaired) electrons. The fourth-order valence-electron chi connectivity index (χ4n) is 2.80. The van der Waals surface area contributed by atoms with E-state index in [1.165, 1.54) is 0 Å². The summed E-state index contributed by atoms with van der Waals surface area (Å²) in [4.78, 5) is 14.2. The number of aryl methyl sites for hydroxylation is 1. The average molecular weight is 349 g/mol. The number of aromatic nitrogens is 1. The number of carbonyl (C=O) groups is 1. The van der Waals surface area contributed by atoms with Crippen LogP contribution in [-0.4, -0.2) is 49.3 Å². The Hall–Kier alpha value is -2.19. The molecule has 1 amide bonds. The number of carbonyl (C=O) groups excluding carboxylic acids is 1. The maximum atomic E-state index is 12.6. The van der Waals surface area contributed by atoms with Gasteiger partial charge in [0.05, 0.1) is 22.4 Å². The predicted octanol–water partition coefficient (Wildman–Crippen LogP) is 1.47. The highest BCUT2D eigenvalue weighted by molar-refractivity contribution is 7.92. The minimum absolute atomic E-state index is 0.126. The van der Waals surface area contributed by atoms with E-state index in [1.807, 2.05) is 4.90 Å². The summed E-state index contributed by atoms with van der Waals surface area (Å²) in [5.74, 6) is 0.0501. The smallest absolute Gasteiger partial charge is 0.240 e. The number of amides is 1. The van der Waals surface area contributed by atoms with Gasteiger partial charge in [-0.3, -0.25) is 15.0 Å². The van der Waals surface area contributed by atoms with Gasteiger partial charge in [0.1, 0.15) is 0 Å². The Morgan fingerprint density at radius 2 is 2.12 bits per heavy atom. The van der Waals surface area contributed by atoms with Gasteiger partial charge >= 0.3 is 0 Å². The SMILES string of the molecule is Cc1cc(NC(=O)CN2CCC(S(=O)(=O)c3ccccc3)C2)on1. The Labute approximate surface area is 140 Å². The van der Waals surface area contributed by atoms with Gasteiger partial charge in [-0.1, -0.05) is 23.4 Å². The van der Waals surface area contributed by atoms with Gasteiger partial charge in [0.2, 0.25) is 11.8 Å². The van der Waals surface area contributed by atoms with Crippen molar-refractivity contribution in [3.63, 3.8) is 0 Å². The number of sulfone groups is 1. The first-order chi connectivity index (χ1) is 11.4. The summed E-state index contributed by atoms with van der Waals surface area (Å²) in [6.45, 7) is 2.80. The largest absolute Gasteiger partial charge is 0.338 e. The molecular weight excluding hydrogens is 330 g/mol. The molecule has 24 heavy (non-hydrogen) atoms. The Morgan fingerprint density at radius 3 is 2.79 bits per heavy atom. The first-order valence-corrected chi connectivity index (χ1v) is 9.24. The molecule has 1 fully saturated rings. The van der Waals surface area contributed by atoms with E-state index < -0.39 is 15.1 Å². The molecule has 2 aromatic rings. The topological polar surface area (TPSA) is 92.5 Å². The van der Waals surface area contributed by atoms with Gasteiger partial charge in [-0.05, 0) is 25.5 Å². The van der Waals surface area contributed by atoms with Gasteiger partial charge in [-0.2, -0.15) is 0 Å². The molecule has 2 heterocycles. The number of benzene rings is 1. The molecule has 1 unspecified atom stereocenters. The normalized spacial score (nSPS) is 18.6. The maximum Gasteiger partial charge on any atom is 0.240 e. The zero-order chi connectivity index (χ0) is 17.2. The summed E-state index contributed by atoms with van der Waals surface area (Å²) in [7, 11) is -3.36. The quantitative estimate of drug-likeness (QED) is 0.879. The van der Waals surface area contributed by atoms with Crippen LogP contribution in [0, 0.1) is 6.92 Å². The molecule has 0 spiro atoms. The second kappa shape index (κ2) is 6.74. The van der Waals surface area contributed by atoms with Crippen LogP contribution in [0.5, 0.6) is 0 Å². The van der Waals surface area contributed by atoms with Crippen LogP contribution >= 0.6 is 0 Å². The van der Waals surface area contributed by atoms with E-state index in [9.17, 15) is 13.2 Å². The van der Waals surface area contributed by atoms with E-state index in [-0.39, 0.29) is 12.5 Å². The molecule has 1 aromatic heterocycles. The third-order valence-electron chi connectivity index (χ3n) is 4.00. The molecule has 0 bridgehead atoms. The first kappa shape index (κ1) is 16.7. The van der Waals surface area contributed by atoms with Crippen molar-refractivity contribution in [2.75, 3.05) is 25.0 Å². The highest BCUT2D eigenvalue weighted by atomic mass is 32.2. The van der Waals surface area contributed by atoms with Gasteiger partial charge in [0.15, 0.2) is 9.84 Å². The molecule has 1 N–H and O–H groups in total. The van der Waals surface area contributed by atoms with E-state index >= 15 is 0 Å². The van der Waals surface area contributed by atoms with E-state index in [2.05, 4.69) is 10.5 Å². The molecule has 0 saturated carbocycles. The number of rotatable bonds is 5. The summed E-state index contributed by atoms with van der Waals surface area (Å²) in [6.07, 6.45) is 0.520. The zero-order valence-corrected chi connectivity index (χ0v) is 14.1. The summed E-state index contributed by atoms with van der Waals surface area (Å²) in [5.41, 5.74) is 0.681. The number of anilines is 1. The molecule has 3 rings (SSSR count). The minimum atomic E-state index is -3.36. The first-order valence-electron chi connectivity index (χ1n) is 7.69. The standard InChI is InChI=1S/C16H19N3O4S/c1-12-9-16(23-18-12)17-15(20)11-19-8-7-14(10-19)24(21,22)13-5-3-2-4-6-13/h2-6,9,14H,7-8,10-11H2,1H3,(H,17,20). The average Bonchev–Trinajstić information content (AvgIpc) is 3.18. The number of nitrogens with zero attached hydrogens (tertiary/aromatic N) is 2. The maximum absolute atomic E-state index is 12.6. The molecule has 7 nitrogen and oxygen atoms in total. The Balaban J connectivity index is 1.58.